The van der Waals surface area contributed by atoms with Gasteiger partial charge in [0.25, 0.3) is 0 Å². The summed E-state index contributed by atoms with van der Waals surface area (Å²) < 4.78 is 1.04. The van der Waals surface area contributed by atoms with Crippen LogP contribution in [0.1, 0.15) is 23.6 Å². The van der Waals surface area contributed by atoms with Gasteiger partial charge in [-0.1, -0.05) is 88.2 Å². The number of pyridine rings is 1. The lowest BCUT2D eigenvalue weighted by Crippen LogP contribution is -2.06. The number of aryl methyl sites for hydroxylation is 3. The standard InChI is InChI=1S/C34H27BrN2O/c1-19-15-20(2)33(21(3)16-19)32-18-28(29-17-30(35)25-10-6-8-12-27(25)34(29)37-32)24-13-14-31(36-22(4)38)26-11-7-5-9-23(24)26/h5-18H,1-4H3,(H,36,38). The second-order valence-electron chi connectivity index (χ2n) is 10.0. The molecular formula is C34H27BrN2O. The molecule has 0 radical (unpaired) electrons. The molecule has 186 valence electrons. The van der Waals surface area contributed by atoms with Gasteiger partial charge in [0.15, 0.2) is 0 Å². The Hall–Kier alpha value is -4.02. The fraction of sp³-hybridized carbons (Fsp3) is 0.118. The first kappa shape index (κ1) is 24.3. The number of nitrogens with one attached hydrogen (secondary N) is 1. The van der Waals surface area contributed by atoms with Crippen LogP contribution < -0.4 is 5.32 Å². The average molecular weight is 560 g/mol. The van der Waals surface area contributed by atoms with Gasteiger partial charge in [0.1, 0.15) is 0 Å². The van der Waals surface area contributed by atoms with Crippen LogP contribution in [0, 0.1) is 20.8 Å². The molecule has 0 aliphatic heterocycles. The lowest BCUT2D eigenvalue weighted by atomic mass is 9.90. The van der Waals surface area contributed by atoms with Crippen molar-refractivity contribution in [2.45, 2.75) is 27.7 Å². The summed E-state index contributed by atoms with van der Waals surface area (Å²) in [5, 5.41) is 8.42. The van der Waals surface area contributed by atoms with Gasteiger partial charge in [-0.15, -0.1) is 0 Å². The fourth-order valence-corrected chi connectivity index (χ4v) is 6.35. The highest BCUT2D eigenvalue weighted by Gasteiger charge is 2.18. The molecule has 6 aromatic rings. The third kappa shape index (κ3) is 4.06. The molecule has 0 aliphatic rings. The van der Waals surface area contributed by atoms with Crippen LogP contribution in [0.4, 0.5) is 5.69 Å². The molecule has 0 bridgehead atoms. The van der Waals surface area contributed by atoms with Crippen molar-refractivity contribution in [3.8, 4) is 22.4 Å². The molecule has 6 rings (SSSR count). The summed E-state index contributed by atoms with van der Waals surface area (Å²) in [5.41, 5.74) is 9.82. The minimum absolute atomic E-state index is 0.0831. The Bertz CT molecular complexity index is 1900. The molecule has 0 saturated carbocycles. The van der Waals surface area contributed by atoms with Crippen LogP contribution in [-0.2, 0) is 4.79 Å². The molecule has 0 atom stereocenters. The fourth-order valence-electron chi connectivity index (χ4n) is 5.78. The molecule has 4 heteroatoms. The van der Waals surface area contributed by atoms with E-state index in [1.807, 2.05) is 18.2 Å². The van der Waals surface area contributed by atoms with E-state index in [2.05, 4.69) is 109 Å². The number of fused-ring (bicyclic) bond motifs is 4. The highest BCUT2D eigenvalue weighted by Crippen LogP contribution is 2.42. The van der Waals surface area contributed by atoms with Crippen molar-refractivity contribution in [3.05, 3.63) is 106 Å². The molecule has 5 aromatic carbocycles. The summed E-state index contributed by atoms with van der Waals surface area (Å²) in [6, 6.07) is 29.7. The van der Waals surface area contributed by atoms with Crippen molar-refractivity contribution < 1.29 is 4.79 Å². The van der Waals surface area contributed by atoms with E-state index in [4.69, 9.17) is 4.98 Å². The average Bonchev–Trinajstić information content (AvgIpc) is 2.88. The van der Waals surface area contributed by atoms with Gasteiger partial charge in [0.05, 0.1) is 11.2 Å². The van der Waals surface area contributed by atoms with E-state index in [1.165, 1.54) is 22.3 Å². The summed E-state index contributed by atoms with van der Waals surface area (Å²) >= 11 is 3.83. The summed E-state index contributed by atoms with van der Waals surface area (Å²) in [5.74, 6) is -0.0831. The van der Waals surface area contributed by atoms with Crippen LogP contribution in [0.15, 0.2) is 89.4 Å². The van der Waals surface area contributed by atoms with Crippen LogP contribution in [0.2, 0.25) is 0 Å². The monoisotopic (exact) mass is 558 g/mol. The van der Waals surface area contributed by atoms with E-state index < -0.39 is 0 Å². The Kier molecular flexibility index (Phi) is 6.00. The third-order valence-corrected chi connectivity index (χ3v) is 7.88. The molecule has 1 N–H and O–H groups in total. The van der Waals surface area contributed by atoms with Crippen LogP contribution in [-0.4, -0.2) is 10.9 Å². The van der Waals surface area contributed by atoms with Gasteiger partial charge >= 0.3 is 0 Å². The largest absolute Gasteiger partial charge is 0.326 e. The highest BCUT2D eigenvalue weighted by molar-refractivity contribution is 9.10. The molecule has 0 unspecified atom stereocenters. The Morgan fingerprint density at radius 3 is 2.03 bits per heavy atom. The molecule has 0 spiro atoms. The van der Waals surface area contributed by atoms with Gasteiger partial charge < -0.3 is 5.32 Å². The number of nitrogens with zero attached hydrogens (tertiary/aromatic N) is 1. The normalized spacial score (nSPS) is 11.4. The van der Waals surface area contributed by atoms with Gasteiger partial charge in [0.2, 0.25) is 5.91 Å². The number of carbonyl (C=O) groups excluding carboxylic acids is 1. The number of halogens is 1. The number of hydrogen-bond acceptors (Lipinski definition) is 2. The van der Waals surface area contributed by atoms with E-state index in [0.717, 1.165) is 59.4 Å². The Labute approximate surface area is 230 Å². The number of benzene rings is 5. The maximum Gasteiger partial charge on any atom is 0.221 e. The predicted octanol–water partition coefficient (Wildman–Crippen LogP) is 9.52. The summed E-state index contributed by atoms with van der Waals surface area (Å²) in [4.78, 5) is 17.2. The highest BCUT2D eigenvalue weighted by atomic mass is 79.9. The van der Waals surface area contributed by atoms with E-state index in [0.29, 0.717) is 0 Å². The Balaban J connectivity index is 1.76. The minimum Gasteiger partial charge on any atom is -0.326 e. The topological polar surface area (TPSA) is 42.0 Å². The Morgan fingerprint density at radius 2 is 1.34 bits per heavy atom. The zero-order chi connectivity index (χ0) is 26.6. The summed E-state index contributed by atoms with van der Waals surface area (Å²) in [6.45, 7) is 8.01. The minimum atomic E-state index is -0.0831. The number of aromatic nitrogens is 1. The molecule has 1 heterocycles. The van der Waals surface area contributed by atoms with Gasteiger partial charge in [-0.25, -0.2) is 4.98 Å². The van der Waals surface area contributed by atoms with Crippen molar-refractivity contribution in [2.75, 3.05) is 5.32 Å². The molecule has 38 heavy (non-hydrogen) atoms. The molecule has 0 saturated heterocycles. The van der Waals surface area contributed by atoms with Crippen molar-refractivity contribution >= 4 is 60.0 Å². The maximum absolute atomic E-state index is 11.9. The van der Waals surface area contributed by atoms with Gasteiger partial charge in [0, 0.05) is 38.8 Å². The van der Waals surface area contributed by atoms with Crippen molar-refractivity contribution in [1.29, 1.82) is 0 Å². The summed E-state index contributed by atoms with van der Waals surface area (Å²) in [6.07, 6.45) is 0. The molecule has 0 fully saturated rings. The van der Waals surface area contributed by atoms with Crippen LogP contribution in [0.25, 0.3) is 54.8 Å². The van der Waals surface area contributed by atoms with Crippen LogP contribution in [0.5, 0.6) is 0 Å². The first-order chi connectivity index (χ1) is 18.3. The van der Waals surface area contributed by atoms with Crippen molar-refractivity contribution in [1.82, 2.24) is 4.98 Å². The quantitative estimate of drug-likeness (QED) is 0.220. The second kappa shape index (κ2) is 9.38. The Morgan fingerprint density at radius 1 is 0.711 bits per heavy atom. The van der Waals surface area contributed by atoms with Crippen molar-refractivity contribution in [3.63, 3.8) is 0 Å². The second-order valence-corrected chi connectivity index (χ2v) is 10.9. The number of anilines is 1. The number of amides is 1. The number of carbonyl (C=O) groups is 1. The number of hydrogen-bond donors (Lipinski definition) is 1. The van der Waals surface area contributed by atoms with Crippen LogP contribution in [0.3, 0.4) is 0 Å². The van der Waals surface area contributed by atoms with Crippen molar-refractivity contribution in [2.24, 2.45) is 0 Å². The lowest BCUT2D eigenvalue weighted by molar-refractivity contribution is -0.114. The SMILES string of the molecule is CC(=O)Nc1ccc(-c2cc(-c3c(C)cc(C)cc3C)nc3c2cc(Br)c2ccccc23)c2ccccc12. The van der Waals surface area contributed by atoms with Gasteiger partial charge in [-0.2, -0.15) is 0 Å². The van der Waals surface area contributed by atoms with E-state index >= 15 is 0 Å². The predicted molar refractivity (Wildman–Crippen MR) is 164 cm³/mol. The molecule has 0 aliphatic carbocycles. The first-order valence-corrected chi connectivity index (χ1v) is 13.5. The van der Waals surface area contributed by atoms with Gasteiger partial charge in [-0.05, 0) is 72.0 Å². The van der Waals surface area contributed by atoms with Gasteiger partial charge in [-0.3, -0.25) is 4.79 Å². The van der Waals surface area contributed by atoms with E-state index in [-0.39, 0.29) is 5.91 Å². The smallest absolute Gasteiger partial charge is 0.221 e. The number of rotatable bonds is 3. The molecule has 1 amide bonds. The van der Waals surface area contributed by atoms with E-state index in [1.54, 1.807) is 6.92 Å². The lowest BCUT2D eigenvalue weighted by Gasteiger charge is -2.18. The summed E-state index contributed by atoms with van der Waals surface area (Å²) in [7, 11) is 0. The third-order valence-electron chi connectivity index (χ3n) is 7.23. The zero-order valence-electron chi connectivity index (χ0n) is 21.8. The van der Waals surface area contributed by atoms with E-state index in [9.17, 15) is 4.79 Å². The maximum atomic E-state index is 11.9. The molecule has 3 nitrogen and oxygen atoms in total. The zero-order valence-corrected chi connectivity index (χ0v) is 23.4. The molecule has 1 aromatic heterocycles. The molecular weight excluding hydrogens is 532 g/mol. The first-order valence-electron chi connectivity index (χ1n) is 12.7. The van der Waals surface area contributed by atoms with Crippen LogP contribution >= 0.6 is 15.9 Å².